The topological polar surface area (TPSA) is 17.1 Å². The first-order chi connectivity index (χ1) is 6.38. The molecule has 0 aliphatic heterocycles. The molecule has 0 fully saturated rings. The summed E-state index contributed by atoms with van der Waals surface area (Å²) in [6.07, 6.45) is -0.282. The minimum absolute atomic E-state index is 0. The Morgan fingerprint density at radius 2 is 1.67 bits per heavy atom. The van der Waals surface area contributed by atoms with Crippen LogP contribution in [0.1, 0.15) is 10.4 Å². The van der Waals surface area contributed by atoms with Crippen molar-refractivity contribution in [2.75, 3.05) is 0 Å². The van der Waals surface area contributed by atoms with Crippen LogP contribution in [0.5, 0.6) is 0 Å². The van der Waals surface area contributed by atoms with Gasteiger partial charge in [0, 0.05) is 0 Å². The van der Waals surface area contributed by atoms with E-state index in [0.29, 0.717) is 6.07 Å². The fourth-order valence-corrected chi connectivity index (χ4v) is 0.947. The normalized spacial score (nSPS) is 10.7. The molecule has 0 saturated heterocycles. The maximum absolute atomic E-state index is 12.9. The summed E-state index contributed by atoms with van der Waals surface area (Å²) in [4.78, 5) is 10.1. The van der Waals surface area contributed by atoms with Crippen LogP contribution in [0.2, 0.25) is 0 Å². The molecule has 1 aromatic rings. The molecule has 1 rings (SSSR count). The van der Waals surface area contributed by atoms with E-state index in [1.807, 2.05) is 0 Å². The zero-order chi connectivity index (χ0) is 10.9. The van der Waals surface area contributed by atoms with Crippen molar-refractivity contribution in [1.29, 1.82) is 0 Å². The summed E-state index contributed by atoms with van der Waals surface area (Å²) in [6.45, 7) is -5.57. The van der Waals surface area contributed by atoms with E-state index < -0.39 is 29.6 Å². The first kappa shape index (κ1) is 15.2. The van der Waals surface area contributed by atoms with Crippen molar-refractivity contribution < 1.29 is 77.9 Å². The molecule has 76 valence electrons. The van der Waals surface area contributed by atoms with Crippen molar-refractivity contribution in [1.82, 2.24) is 0 Å². The van der Waals surface area contributed by atoms with Crippen LogP contribution in [0, 0.1) is 11.6 Å². The van der Waals surface area contributed by atoms with Gasteiger partial charge in [-0.2, -0.15) is 0 Å². The van der Waals surface area contributed by atoms with Crippen molar-refractivity contribution in [2.24, 2.45) is 0 Å². The number of benzene rings is 1. The third-order valence-corrected chi connectivity index (χ3v) is 1.63. The van der Waals surface area contributed by atoms with Crippen LogP contribution in [-0.2, 0) is 0 Å². The number of hydrogen-bond donors (Lipinski definition) is 0. The molecule has 0 amide bonds. The van der Waals surface area contributed by atoms with Crippen LogP contribution in [-0.4, -0.2) is 13.3 Å². The zero-order valence-corrected chi connectivity index (χ0v) is 10.7. The fraction of sp³-hybridized carbons (Fsp3) is 0. The van der Waals surface area contributed by atoms with Crippen molar-refractivity contribution in [3.05, 3.63) is 29.3 Å². The predicted molar refractivity (Wildman–Crippen MR) is 40.5 cm³/mol. The van der Waals surface area contributed by atoms with Gasteiger partial charge in [-0.1, -0.05) is 11.5 Å². The number of aldehydes is 1. The molecule has 0 bridgehead atoms. The van der Waals surface area contributed by atoms with E-state index in [2.05, 4.69) is 0 Å². The van der Waals surface area contributed by atoms with Gasteiger partial charge in [-0.3, -0.25) is 4.79 Å². The van der Waals surface area contributed by atoms with Gasteiger partial charge in [0.25, 0.3) is 0 Å². The van der Waals surface area contributed by atoms with Crippen LogP contribution in [0.25, 0.3) is 0 Å². The molecule has 0 aliphatic carbocycles. The third kappa shape index (κ3) is 3.35. The number of carbonyl (C=O) groups excluding carboxylic acids is 1. The largest absolute Gasteiger partial charge is 1.00 e. The minimum Gasteiger partial charge on any atom is -0.445 e. The van der Waals surface area contributed by atoms with Gasteiger partial charge < -0.3 is 12.9 Å². The zero-order valence-electron chi connectivity index (χ0n) is 7.61. The molecule has 0 heterocycles. The van der Waals surface area contributed by atoms with E-state index in [9.17, 15) is 26.5 Å². The smallest absolute Gasteiger partial charge is 0.445 e. The Labute approximate surface area is 125 Å². The van der Waals surface area contributed by atoms with Crippen LogP contribution in [0.4, 0.5) is 21.7 Å². The Bertz CT molecular complexity index is 378. The summed E-state index contributed by atoms with van der Waals surface area (Å²) < 4.78 is 61.7. The number of halogens is 5. The van der Waals surface area contributed by atoms with Crippen molar-refractivity contribution in [3.63, 3.8) is 0 Å². The Balaban J connectivity index is 0.00000196. The maximum atomic E-state index is 12.9. The molecule has 1 aromatic carbocycles. The SMILES string of the molecule is O=Cc1c(F)ccc([B-](F)(F)F)c1F.[K+]. The standard InChI is InChI=1S/C7H3BF5O.K/c9-6-2-1-5(8(11,12)13)7(10)4(6)3-14;/h1-3H;/q-1;+1. The third-order valence-electron chi connectivity index (χ3n) is 1.63. The molecular weight excluding hydrogens is 245 g/mol. The van der Waals surface area contributed by atoms with E-state index >= 15 is 0 Å². The van der Waals surface area contributed by atoms with E-state index in [0.717, 1.165) is 0 Å². The van der Waals surface area contributed by atoms with Gasteiger partial charge in [0.15, 0.2) is 6.29 Å². The molecular formula is C7H3BF5KO. The summed E-state index contributed by atoms with van der Waals surface area (Å²) >= 11 is 0. The van der Waals surface area contributed by atoms with E-state index in [1.54, 1.807) is 0 Å². The van der Waals surface area contributed by atoms with Crippen LogP contribution in [0.3, 0.4) is 0 Å². The fourth-order valence-electron chi connectivity index (χ4n) is 0.947. The van der Waals surface area contributed by atoms with Gasteiger partial charge in [0.2, 0.25) is 0 Å². The van der Waals surface area contributed by atoms with Gasteiger partial charge in [-0.05, 0) is 6.07 Å². The summed E-state index contributed by atoms with van der Waals surface area (Å²) in [6, 6.07) is 0.690. The molecule has 0 atom stereocenters. The molecule has 0 radical (unpaired) electrons. The summed E-state index contributed by atoms with van der Waals surface area (Å²) in [5.74, 6) is -3.16. The second-order valence-corrected chi connectivity index (χ2v) is 2.56. The Morgan fingerprint density at radius 3 is 2.07 bits per heavy atom. The van der Waals surface area contributed by atoms with Gasteiger partial charge >= 0.3 is 58.4 Å². The number of hydrogen-bond acceptors (Lipinski definition) is 1. The van der Waals surface area contributed by atoms with E-state index in [-0.39, 0.29) is 63.7 Å². The van der Waals surface area contributed by atoms with Crippen LogP contribution >= 0.6 is 0 Å². The molecule has 0 N–H and O–H groups in total. The molecule has 0 spiro atoms. The van der Waals surface area contributed by atoms with Gasteiger partial charge in [-0.25, -0.2) is 8.78 Å². The average Bonchev–Trinajstić information content (AvgIpc) is 2.02. The molecule has 15 heavy (non-hydrogen) atoms. The molecule has 0 aromatic heterocycles. The number of carbonyl (C=O) groups is 1. The van der Waals surface area contributed by atoms with Crippen LogP contribution < -0.4 is 56.8 Å². The molecule has 0 unspecified atom stereocenters. The minimum atomic E-state index is -5.57. The van der Waals surface area contributed by atoms with Crippen molar-refractivity contribution >= 4 is 18.7 Å². The van der Waals surface area contributed by atoms with E-state index in [1.165, 1.54) is 0 Å². The van der Waals surface area contributed by atoms with E-state index in [4.69, 9.17) is 0 Å². The summed E-state index contributed by atoms with van der Waals surface area (Å²) in [5, 5.41) is 0. The predicted octanol–water partition coefficient (Wildman–Crippen LogP) is -1.16. The van der Waals surface area contributed by atoms with Crippen molar-refractivity contribution in [3.8, 4) is 0 Å². The summed E-state index contributed by atoms with van der Waals surface area (Å²) in [5.41, 5.74) is -2.78. The quantitative estimate of drug-likeness (QED) is 0.366. The Morgan fingerprint density at radius 1 is 1.13 bits per heavy atom. The monoisotopic (exact) mass is 248 g/mol. The second-order valence-electron chi connectivity index (χ2n) is 2.56. The van der Waals surface area contributed by atoms with Gasteiger partial charge in [-0.15, -0.1) is 0 Å². The molecule has 0 aliphatic rings. The first-order valence-corrected chi connectivity index (χ1v) is 3.51. The second kappa shape index (κ2) is 5.53. The number of rotatable bonds is 2. The Kier molecular flexibility index (Phi) is 5.62. The van der Waals surface area contributed by atoms with Crippen LogP contribution in [0.15, 0.2) is 12.1 Å². The van der Waals surface area contributed by atoms with Gasteiger partial charge in [0.05, 0.1) is 5.56 Å². The van der Waals surface area contributed by atoms with Gasteiger partial charge in [0.1, 0.15) is 11.6 Å². The van der Waals surface area contributed by atoms with Crippen molar-refractivity contribution in [2.45, 2.75) is 0 Å². The molecule has 8 heteroatoms. The Hall–Kier alpha value is 0.241. The average molecular weight is 248 g/mol. The molecule has 1 nitrogen and oxygen atoms in total. The first-order valence-electron chi connectivity index (χ1n) is 3.51. The summed E-state index contributed by atoms with van der Waals surface area (Å²) in [7, 11) is 0. The molecule has 0 saturated carbocycles. The maximum Gasteiger partial charge on any atom is 1.00 e.